The highest BCUT2D eigenvalue weighted by Gasteiger charge is 2.24. The van der Waals surface area contributed by atoms with Crippen molar-refractivity contribution in [3.8, 4) is 0 Å². The van der Waals surface area contributed by atoms with E-state index in [0.717, 1.165) is 31.6 Å². The van der Waals surface area contributed by atoms with Crippen LogP contribution in [-0.2, 0) is 4.74 Å². The second-order valence-corrected chi connectivity index (χ2v) is 6.51. The molecule has 0 aromatic rings. The number of ether oxygens (including phenoxy) is 1. The Bertz CT molecular complexity index is 264. The van der Waals surface area contributed by atoms with E-state index in [-0.39, 0.29) is 5.60 Å². The van der Waals surface area contributed by atoms with Gasteiger partial charge in [0, 0.05) is 6.54 Å². The van der Waals surface area contributed by atoms with Gasteiger partial charge in [-0.05, 0) is 51.8 Å². The minimum absolute atomic E-state index is 0.144. The summed E-state index contributed by atoms with van der Waals surface area (Å²) < 4.78 is 6.21. The second kappa shape index (κ2) is 12.2. The lowest BCUT2D eigenvalue weighted by molar-refractivity contribution is -0.0193. The summed E-state index contributed by atoms with van der Waals surface area (Å²) in [6, 6.07) is 0. The third kappa shape index (κ3) is 9.31. The molecule has 126 valence electrons. The molecule has 0 saturated heterocycles. The van der Waals surface area contributed by atoms with Crippen molar-refractivity contribution in [2.75, 3.05) is 26.2 Å². The summed E-state index contributed by atoms with van der Waals surface area (Å²) in [5.74, 6) is 0. The summed E-state index contributed by atoms with van der Waals surface area (Å²) >= 11 is 0. The van der Waals surface area contributed by atoms with Crippen LogP contribution in [0, 0.1) is 0 Å². The lowest BCUT2D eigenvalue weighted by Crippen LogP contribution is -2.35. The molecule has 0 bridgehead atoms. The van der Waals surface area contributed by atoms with Crippen LogP contribution < -0.4 is 0 Å². The zero-order valence-electron chi connectivity index (χ0n) is 15.3. The maximum absolute atomic E-state index is 6.21. The van der Waals surface area contributed by atoms with Crippen LogP contribution in [0.2, 0.25) is 0 Å². The Morgan fingerprint density at radius 1 is 0.952 bits per heavy atom. The lowest BCUT2D eigenvalue weighted by Gasteiger charge is -2.32. The molecule has 0 saturated carbocycles. The van der Waals surface area contributed by atoms with Crippen LogP contribution >= 0.6 is 0 Å². The minimum atomic E-state index is -0.144. The van der Waals surface area contributed by atoms with E-state index < -0.39 is 0 Å². The van der Waals surface area contributed by atoms with Crippen LogP contribution in [0.5, 0.6) is 0 Å². The number of unbranched alkanes of at least 4 members (excludes halogenated alkanes) is 3. The fourth-order valence-electron chi connectivity index (χ4n) is 2.59. The first kappa shape index (κ1) is 20.7. The van der Waals surface area contributed by atoms with Gasteiger partial charge < -0.3 is 9.64 Å². The predicted octanol–water partition coefficient (Wildman–Crippen LogP) is 5.43. The summed E-state index contributed by atoms with van der Waals surface area (Å²) in [5, 5.41) is 0. The van der Waals surface area contributed by atoms with Gasteiger partial charge in [0.15, 0.2) is 0 Å². The zero-order chi connectivity index (χ0) is 16.1. The van der Waals surface area contributed by atoms with E-state index in [0.29, 0.717) is 0 Å². The zero-order valence-corrected chi connectivity index (χ0v) is 15.3. The summed E-state index contributed by atoms with van der Waals surface area (Å²) in [6.45, 7) is 19.4. The van der Waals surface area contributed by atoms with Crippen molar-refractivity contribution in [2.45, 2.75) is 85.2 Å². The van der Waals surface area contributed by atoms with E-state index in [2.05, 4.69) is 46.1 Å². The van der Waals surface area contributed by atoms with Crippen LogP contribution in [0.3, 0.4) is 0 Å². The van der Waals surface area contributed by atoms with Gasteiger partial charge in [0.05, 0.1) is 12.2 Å². The molecular weight excluding hydrogens is 258 g/mol. The Morgan fingerprint density at radius 3 is 2.10 bits per heavy atom. The molecule has 1 atom stereocenters. The smallest absolute Gasteiger partial charge is 0.0858 e. The third-order valence-electron chi connectivity index (χ3n) is 4.36. The maximum atomic E-state index is 6.21. The molecule has 0 spiro atoms. The Morgan fingerprint density at radius 2 is 1.57 bits per heavy atom. The van der Waals surface area contributed by atoms with E-state index >= 15 is 0 Å². The van der Waals surface area contributed by atoms with Gasteiger partial charge in [0.1, 0.15) is 0 Å². The third-order valence-corrected chi connectivity index (χ3v) is 4.36. The van der Waals surface area contributed by atoms with Gasteiger partial charge in [-0.2, -0.15) is 0 Å². The fraction of sp³-hybridized carbons (Fsp3) is 0.895. The molecule has 0 amide bonds. The standard InChI is InChI=1S/C19H39NO/c1-7-10-12-15-20(14-11-8-2)16-17-21-19(6,13-9-3)18(4)5/h4,7-17H2,1-3,5-6H3. The van der Waals surface area contributed by atoms with Crippen molar-refractivity contribution in [3.05, 3.63) is 12.2 Å². The number of rotatable bonds is 14. The quantitative estimate of drug-likeness (QED) is 0.313. The molecule has 2 nitrogen and oxygen atoms in total. The summed E-state index contributed by atoms with van der Waals surface area (Å²) in [4.78, 5) is 2.57. The molecule has 0 radical (unpaired) electrons. The normalized spacial score (nSPS) is 14.4. The van der Waals surface area contributed by atoms with Gasteiger partial charge in [-0.25, -0.2) is 0 Å². The topological polar surface area (TPSA) is 12.5 Å². The molecule has 0 fully saturated rings. The van der Waals surface area contributed by atoms with E-state index in [1.165, 1.54) is 45.2 Å². The van der Waals surface area contributed by atoms with E-state index in [1.807, 2.05) is 0 Å². The molecular formula is C19H39NO. The van der Waals surface area contributed by atoms with Gasteiger partial charge in [0.2, 0.25) is 0 Å². The molecule has 0 aromatic carbocycles. The van der Waals surface area contributed by atoms with Crippen molar-refractivity contribution >= 4 is 0 Å². The summed E-state index contributed by atoms with van der Waals surface area (Å²) in [7, 11) is 0. The van der Waals surface area contributed by atoms with Gasteiger partial charge in [-0.1, -0.05) is 53.0 Å². The second-order valence-electron chi connectivity index (χ2n) is 6.51. The van der Waals surface area contributed by atoms with Crippen molar-refractivity contribution in [1.29, 1.82) is 0 Å². The van der Waals surface area contributed by atoms with Gasteiger partial charge >= 0.3 is 0 Å². The molecule has 2 heteroatoms. The Kier molecular flexibility index (Phi) is 12.0. The number of hydrogen-bond donors (Lipinski definition) is 0. The van der Waals surface area contributed by atoms with Crippen LogP contribution in [0.15, 0.2) is 12.2 Å². The Balaban J connectivity index is 4.21. The fourth-order valence-corrected chi connectivity index (χ4v) is 2.59. The maximum Gasteiger partial charge on any atom is 0.0858 e. The van der Waals surface area contributed by atoms with Gasteiger partial charge in [-0.3, -0.25) is 0 Å². The van der Waals surface area contributed by atoms with Gasteiger partial charge in [0.25, 0.3) is 0 Å². The average Bonchev–Trinajstić information content (AvgIpc) is 2.44. The summed E-state index contributed by atoms with van der Waals surface area (Å²) in [6.07, 6.45) is 8.70. The van der Waals surface area contributed by atoms with Crippen molar-refractivity contribution < 1.29 is 4.74 Å². The van der Waals surface area contributed by atoms with E-state index in [1.54, 1.807) is 0 Å². The molecule has 0 heterocycles. The lowest BCUT2D eigenvalue weighted by atomic mass is 9.93. The minimum Gasteiger partial charge on any atom is -0.370 e. The van der Waals surface area contributed by atoms with Gasteiger partial charge in [-0.15, -0.1) is 0 Å². The highest BCUT2D eigenvalue weighted by atomic mass is 16.5. The monoisotopic (exact) mass is 297 g/mol. The molecule has 0 aromatic heterocycles. The van der Waals surface area contributed by atoms with Crippen molar-refractivity contribution in [1.82, 2.24) is 4.90 Å². The van der Waals surface area contributed by atoms with E-state index in [9.17, 15) is 0 Å². The largest absolute Gasteiger partial charge is 0.370 e. The van der Waals surface area contributed by atoms with Crippen molar-refractivity contribution in [2.24, 2.45) is 0 Å². The first-order chi connectivity index (χ1) is 10.00. The Hall–Kier alpha value is -0.340. The highest BCUT2D eigenvalue weighted by Crippen LogP contribution is 2.25. The molecule has 0 N–H and O–H groups in total. The van der Waals surface area contributed by atoms with E-state index in [4.69, 9.17) is 4.74 Å². The molecule has 0 rings (SSSR count). The first-order valence-electron chi connectivity index (χ1n) is 9.02. The summed E-state index contributed by atoms with van der Waals surface area (Å²) in [5.41, 5.74) is 1.00. The van der Waals surface area contributed by atoms with Crippen LogP contribution in [-0.4, -0.2) is 36.7 Å². The van der Waals surface area contributed by atoms with Crippen LogP contribution in [0.4, 0.5) is 0 Å². The molecule has 0 aliphatic rings. The predicted molar refractivity (Wildman–Crippen MR) is 95.0 cm³/mol. The number of nitrogens with zero attached hydrogens (tertiary/aromatic N) is 1. The molecule has 1 unspecified atom stereocenters. The van der Waals surface area contributed by atoms with Crippen LogP contribution in [0.1, 0.15) is 79.6 Å². The first-order valence-corrected chi connectivity index (χ1v) is 9.02. The average molecular weight is 298 g/mol. The SMILES string of the molecule is C=C(C)C(C)(CCC)OCCN(CCCC)CCCCC. The Labute approximate surface area is 133 Å². The van der Waals surface area contributed by atoms with Crippen molar-refractivity contribution in [3.63, 3.8) is 0 Å². The molecule has 0 aliphatic carbocycles. The number of hydrogen-bond acceptors (Lipinski definition) is 2. The highest BCUT2D eigenvalue weighted by molar-refractivity contribution is 5.07. The van der Waals surface area contributed by atoms with Crippen LogP contribution in [0.25, 0.3) is 0 Å². The molecule has 0 aliphatic heterocycles. The molecule has 21 heavy (non-hydrogen) atoms.